The second-order valence-electron chi connectivity index (χ2n) is 9.93. The Hall–Kier alpha value is -3.38. The number of nitrogens with zero attached hydrogens (tertiary/aromatic N) is 3. The van der Waals surface area contributed by atoms with E-state index in [0.717, 1.165) is 65.8 Å². The molecule has 3 N–H and O–H groups in total. The van der Waals surface area contributed by atoms with Crippen LogP contribution >= 0.6 is 0 Å². The van der Waals surface area contributed by atoms with Crippen LogP contribution in [0, 0.1) is 5.92 Å². The van der Waals surface area contributed by atoms with E-state index in [2.05, 4.69) is 45.9 Å². The van der Waals surface area contributed by atoms with Gasteiger partial charge in [-0.15, -0.1) is 0 Å². The summed E-state index contributed by atoms with van der Waals surface area (Å²) in [4.78, 5) is 9.58. The molecule has 0 saturated heterocycles. The summed E-state index contributed by atoms with van der Waals surface area (Å²) in [5, 5.41) is 3.64. The maximum absolute atomic E-state index is 6.40. The van der Waals surface area contributed by atoms with Crippen LogP contribution in [0.5, 0.6) is 5.75 Å². The maximum Gasteiger partial charge on any atom is 0.150 e. The van der Waals surface area contributed by atoms with Crippen molar-refractivity contribution in [2.45, 2.75) is 58.0 Å². The Bertz CT molecular complexity index is 1260. The fourth-order valence-corrected chi connectivity index (χ4v) is 5.28. The van der Waals surface area contributed by atoms with E-state index in [4.69, 9.17) is 15.5 Å². The third kappa shape index (κ3) is 5.54. The largest absolute Gasteiger partial charge is 0.489 e. The van der Waals surface area contributed by atoms with Crippen LogP contribution in [0.15, 0.2) is 67.0 Å². The van der Waals surface area contributed by atoms with E-state index in [1.165, 1.54) is 25.7 Å². The Balaban J connectivity index is 1.35. The molecule has 4 aromatic rings. The number of fused-ring (bicyclic) bond motifs is 1. The molecule has 6 heteroatoms. The number of ether oxygens (including phenoxy) is 1. The normalized spacial score (nSPS) is 17.9. The molecule has 6 nitrogen and oxygen atoms in total. The van der Waals surface area contributed by atoms with Gasteiger partial charge in [-0.2, -0.15) is 0 Å². The monoisotopic (exact) mass is 483 g/mol. The summed E-state index contributed by atoms with van der Waals surface area (Å²) in [6, 6.07) is 18.4. The van der Waals surface area contributed by atoms with Crippen molar-refractivity contribution in [1.29, 1.82) is 0 Å². The zero-order valence-electron chi connectivity index (χ0n) is 21.2. The number of rotatable bonds is 10. The molecule has 188 valence electrons. The number of hydrogen-bond acceptors (Lipinski definition) is 5. The summed E-state index contributed by atoms with van der Waals surface area (Å²) in [5.41, 5.74) is 10.3. The summed E-state index contributed by atoms with van der Waals surface area (Å²) >= 11 is 0. The van der Waals surface area contributed by atoms with E-state index in [0.29, 0.717) is 18.3 Å². The standard InChI is InChI=1S/C30H37N5O/c1-2-3-16-32-20-22-12-14-24(15-13-22)30-34-27(28-29(31)33-17-18-35(28)30)25-10-7-11-26(19-25)36-21-23-8-5-4-6-9-23/h4-11,17-19,22,24,32H,2-3,12-16,20-21H2,1H3,(H2,31,33). The van der Waals surface area contributed by atoms with Gasteiger partial charge in [0, 0.05) is 23.9 Å². The molecule has 0 amide bonds. The van der Waals surface area contributed by atoms with Gasteiger partial charge in [0.05, 0.1) is 0 Å². The van der Waals surface area contributed by atoms with Gasteiger partial charge in [-0.05, 0) is 68.8 Å². The molecule has 2 heterocycles. The molecule has 2 aromatic heterocycles. The molecule has 1 aliphatic carbocycles. The zero-order chi connectivity index (χ0) is 24.7. The van der Waals surface area contributed by atoms with Gasteiger partial charge >= 0.3 is 0 Å². The fraction of sp³-hybridized carbons (Fsp3) is 0.400. The van der Waals surface area contributed by atoms with E-state index in [1.807, 2.05) is 36.5 Å². The summed E-state index contributed by atoms with van der Waals surface area (Å²) < 4.78 is 8.26. The van der Waals surface area contributed by atoms with Crippen LogP contribution in [0.1, 0.15) is 62.8 Å². The van der Waals surface area contributed by atoms with Crippen molar-refractivity contribution in [3.63, 3.8) is 0 Å². The lowest BCUT2D eigenvalue weighted by Gasteiger charge is -2.28. The van der Waals surface area contributed by atoms with Crippen molar-refractivity contribution in [2.24, 2.45) is 5.92 Å². The number of hydrogen-bond donors (Lipinski definition) is 2. The highest BCUT2D eigenvalue weighted by Gasteiger charge is 2.27. The van der Waals surface area contributed by atoms with Gasteiger partial charge in [0.25, 0.3) is 0 Å². The third-order valence-corrected chi connectivity index (χ3v) is 7.32. The van der Waals surface area contributed by atoms with Crippen molar-refractivity contribution < 1.29 is 4.74 Å². The minimum atomic E-state index is 0.428. The molecule has 1 saturated carbocycles. The van der Waals surface area contributed by atoms with Gasteiger partial charge in [0.15, 0.2) is 0 Å². The quantitative estimate of drug-likeness (QED) is 0.262. The number of nitrogens with two attached hydrogens (primary N) is 1. The minimum Gasteiger partial charge on any atom is -0.489 e. The molecule has 0 unspecified atom stereocenters. The first-order valence-electron chi connectivity index (χ1n) is 13.3. The predicted molar refractivity (Wildman–Crippen MR) is 146 cm³/mol. The molecule has 36 heavy (non-hydrogen) atoms. The SMILES string of the molecule is CCCCNCC1CCC(c2nc(-c3cccc(OCc4ccccc4)c3)c3c(N)nccn23)CC1. The highest BCUT2D eigenvalue weighted by atomic mass is 16.5. The van der Waals surface area contributed by atoms with Crippen LogP contribution in [0.25, 0.3) is 16.8 Å². The predicted octanol–water partition coefficient (Wildman–Crippen LogP) is 6.22. The minimum absolute atomic E-state index is 0.428. The average molecular weight is 484 g/mol. The van der Waals surface area contributed by atoms with Crippen LogP contribution in [-0.2, 0) is 6.61 Å². The third-order valence-electron chi connectivity index (χ3n) is 7.32. The van der Waals surface area contributed by atoms with Crippen molar-refractivity contribution in [2.75, 3.05) is 18.8 Å². The summed E-state index contributed by atoms with van der Waals surface area (Å²) in [7, 11) is 0. The molecule has 2 aromatic carbocycles. The number of anilines is 1. The van der Waals surface area contributed by atoms with Gasteiger partial charge < -0.3 is 15.8 Å². The van der Waals surface area contributed by atoms with Crippen molar-refractivity contribution in [3.8, 4) is 17.0 Å². The first-order valence-corrected chi connectivity index (χ1v) is 13.3. The van der Waals surface area contributed by atoms with Crippen LogP contribution < -0.4 is 15.8 Å². The molecule has 5 rings (SSSR count). The summed E-state index contributed by atoms with van der Waals surface area (Å²) in [6.07, 6.45) is 11.1. The number of nitrogen functional groups attached to an aromatic ring is 1. The van der Waals surface area contributed by atoms with E-state index in [-0.39, 0.29) is 0 Å². The average Bonchev–Trinajstić information content (AvgIpc) is 3.32. The van der Waals surface area contributed by atoms with Gasteiger partial charge in [-0.1, -0.05) is 55.8 Å². The molecule has 0 atom stereocenters. The van der Waals surface area contributed by atoms with E-state index in [1.54, 1.807) is 6.20 Å². The molecule has 1 fully saturated rings. The number of aromatic nitrogens is 3. The van der Waals surface area contributed by atoms with Crippen molar-refractivity contribution in [1.82, 2.24) is 19.7 Å². The lowest BCUT2D eigenvalue weighted by molar-refractivity contribution is 0.306. The number of unbranched alkanes of at least 4 members (excludes halogenated alkanes) is 1. The summed E-state index contributed by atoms with van der Waals surface area (Å²) in [5.74, 6) is 3.61. The Morgan fingerprint density at radius 2 is 1.89 bits per heavy atom. The van der Waals surface area contributed by atoms with Crippen molar-refractivity contribution >= 4 is 11.3 Å². The van der Waals surface area contributed by atoms with Gasteiger partial charge in [-0.3, -0.25) is 4.40 Å². The number of imidazole rings is 1. The van der Waals surface area contributed by atoms with Gasteiger partial charge in [0.2, 0.25) is 0 Å². The number of nitrogens with one attached hydrogen (secondary N) is 1. The van der Waals surface area contributed by atoms with Gasteiger partial charge in [0.1, 0.15) is 35.2 Å². The highest BCUT2D eigenvalue weighted by molar-refractivity contribution is 5.85. The Morgan fingerprint density at radius 3 is 2.69 bits per heavy atom. The molecule has 1 aliphatic rings. The van der Waals surface area contributed by atoms with Crippen LogP contribution in [0.2, 0.25) is 0 Å². The highest BCUT2D eigenvalue weighted by Crippen LogP contribution is 2.38. The Morgan fingerprint density at radius 1 is 1.06 bits per heavy atom. The van der Waals surface area contributed by atoms with E-state index < -0.39 is 0 Å². The lowest BCUT2D eigenvalue weighted by atomic mass is 9.81. The molecular weight excluding hydrogens is 446 g/mol. The topological polar surface area (TPSA) is 77.5 Å². The van der Waals surface area contributed by atoms with Gasteiger partial charge in [-0.25, -0.2) is 9.97 Å². The zero-order valence-corrected chi connectivity index (χ0v) is 21.2. The maximum atomic E-state index is 6.40. The van der Waals surface area contributed by atoms with Crippen LogP contribution in [0.4, 0.5) is 5.82 Å². The first-order chi connectivity index (χ1) is 17.7. The van der Waals surface area contributed by atoms with Crippen LogP contribution in [0.3, 0.4) is 0 Å². The molecule has 0 radical (unpaired) electrons. The second-order valence-corrected chi connectivity index (χ2v) is 9.93. The smallest absolute Gasteiger partial charge is 0.150 e. The lowest BCUT2D eigenvalue weighted by Crippen LogP contribution is -2.27. The number of benzene rings is 2. The van der Waals surface area contributed by atoms with Crippen molar-refractivity contribution in [3.05, 3.63) is 78.4 Å². The fourth-order valence-electron chi connectivity index (χ4n) is 5.28. The summed E-state index contributed by atoms with van der Waals surface area (Å²) in [6.45, 7) is 5.03. The molecular formula is C30H37N5O. The van der Waals surface area contributed by atoms with Crippen LogP contribution in [-0.4, -0.2) is 27.5 Å². The van der Waals surface area contributed by atoms with E-state index in [9.17, 15) is 0 Å². The molecule has 0 aliphatic heterocycles. The Labute approximate surface area is 213 Å². The Kier molecular flexibility index (Phi) is 7.82. The second kappa shape index (κ2) is 11.6. The molecule has 0 bridgehead atoms. The van der Waals surface area contributed by atoms with E-state index >= 15 is 0 Å². The molecule has 0 spiro atoms. The first kappa shape index (κ1) is 24.3.